The minimum atomic E-state index is -0.214. The molecule has 2 N–H and O–H groups in total. The summed E-state index contributed by atoms with van der Waals surface area (Å²) in [6.45, 7) is 2.15. The van der Waals surface area contributed by atoms with Gasteiger partial charge in [0.2, 0.25) is 0 Å². The van der Waals surface area contributed by atoms with Crippen LogP contribution in [0.4, 0.5) is 5.69 Å². The van der Waals surface area contributed by atoms with Gasteiger partial charge in [-0.1, -0.05) is 18.2 Å². The van der Waals surface area contributed by atoms with Gasteiger partial charge in [0, 0.05) is 14.8 Å². The van der Waals surface area contributed by atoms with E-state index in [1.54, 1.807) is 13.3 Å². The molecule has 0 aromatic heterocycles. The number of benzene rings is 2. The second-order valence-electron chi connectivity index (χ2n) is 4.97. The van der Waals surface area contributed by atoms with E-state index in [9.17, 15) is 4.79 Å². The maximum atomic E-state index is 11.9. The van der Waals surface area contributed by atoms with Gasteiger partial charge in [-0.25, -0.2) is 5.43 Å². The fourth-order valence-electron chi connectivity index (χ4n) is 2.05. The first-order chi connectivity index (χ1) is 11.5. The number of rotatable bonds is 6. The molecule has 0 aliphatic rings. The topological polar surface area (TPSA) is 62.7 Å². The minimum Gasteiger partial charge on any atom is -0.495 e. The Kier molecular flexibility index (Phi) is 7.28. The molecule has 7 heteroatoms. The Bertz CT molecular complexity index is 763. The van der Waals surface area contributed by atoms with Crippen molar-refractivity contribution in [2.75, 3.05) is 19.0 Å². The Morgan fingerprint density at radius 3 is 2.75 bits per heavy atom. The van der Waals surface area contributed by atoms with Gasteiger partial charge in [-0.3, -0.25) is 4.79 Å². The van der Waals surface area contributed by atoms with Crippen molar-refractivity contribution in [1.82, 2.24) is 5.43 Å². The number of nitrogens with zero attached hydrogens (tertiary/aromatic N) is 1. The van der Waals surface area contributed by atoms with Crippen LogP contribution >= 0.6 is 45.2 Å². The van der Waals surface area contributed by atoms with E-state index in [1.165, 1.54) is 0 Å². The van der Waals surface area contributed by atoms with Crippen LogP contribution in [0.2, 0.25) is 0 Å². The van der Waals surface area contributed by atoms with E-state index < -0.39 is 0 Å². The molecule has 0 aliphatic heterocycles. The van der Waals surface area contributed by atoms with Gasteiger partial charge in [0.1, 0.15) is 5.75 Å². The lowest BCUT2D eigenvalue weighted by Crippen LogP contribution is -2.26. The molecule has 0 unspecified atom stereocenters. The van der Waals surface area contributed by atoms with Crippen molar-refractivity contribution in [2.45, 2.75) is 6.92 Å². The lowest BCUT2D eigenvalue weighted by molar-refractivity contribution is -0.119. The molecule has 2 aromatic rings. The third-order valence-electron chi connectivity index (χ3n) is 3.22. The smallest absolute Gasteiger partial charge is 0.259 e. The van der Waals surface area contributed by atoms with Crippen molar-refractivity contribution >= 4 is 63.0 Å². The molecular weight excluding hydrogens is 532 g/mol. The Morgan fingerprint density at radius 1 is 1.29 bits per heavy atom. The zero-order valence-corrected chi connectivity index (χ0v) is 17.6. The number of carbonyl (C=O) groups is 1. The number of aryl methyl sites for hydroxylation is 1. The number of anilines is 1. The van der Waals surface area contributed by atoms with Crippen LogP contribution < -0.4 is 15.5 Å². The van der Waals surface area contributed by atoms with Gasteiger partial charge in [-0.05, 0) is 75.9 Å². The van der Waals surface area contributed by atoms with Crippen LogP contribution in [-0.4, -0.2) is 25.8 Å². The predicted octanol–water partition coefficient (Wildman–Crippen LogP) is 3.78. The molecule has 1 amide bonds. The summed E-state index contributed by atoms with van der Waals surface area (Å²) >= 11 is 4.44. The second-order valence-corrected chi connectivity index (χ2v) is 7.38. The van der Waals surface area contributed by atoms with Gasteiger partial charge in [0.25, 0.3) is 5.91 Å². The van der Waals surface area contributed by atoms with Crippen molar-refractivity contribution in [3.63, 3.8) is 0 Å². The summed E-state index contributed by atoms with van der Waals surface area (Å²) in [6.07, 6.45) is 1.59. The third kappa shape index (κ3) is 5.33. The molecule has 0 heterocycles. The fraction of sp³-hybridized carbons (Fsp3) is 0.176. The number of ether oxygens (including phenoxy) is 1. The lowest BCUT2D eigenvalue weighted by Gasteiger charge is -2.09. The summed E-state index contributed by atoms with van der Waals surface area (Å²) in [5.41, 5.74) is 5.36. The first-order valence-corrected chi connectivity index (χ1v) is 9.31. The van der Waals surface area contributed by atoms with Crippen LogP contribution in [0.25, 0.3) is 0 Å². The third-order valence-corrected chi connectivity index (χ3v) is 4.64. The number of hydrogen-bond acceptors (Lipinski definition) is 4. The van der Waals surface area contributed by atoms with Crippen molar-refractivity contribution in [1.29, 1.82) is 0 Å². The van der Waals surface area contributed by atoms with Gasteiger partial charge in [-0.15, -0.1) is 0 Å². The molecule has 0 bridgehead atoms. The molecule has 0 radical (unpaired) electrons. The number of carbonyl (C=O) groups excluding carboxylic acids is 1. The largest absolute Gasteiger partial charge is 0.495 e. The Labute approximate surface area is 168 Å². The van der Waals surface area contributed by atoms with Crippen molar-refractivity contribution in [3.8, 4) is 5.75 Å². The fourth-order valence-corrected chi connectivity index (χ4v) is 4.16. The Morgan fingerprint density at radius 2 is 2.04 bits per heavy atom. The number of hydrogen-bond donors (Lipinski definition) is 2. The number of hydrazone groups is 1. The summed E-state index contributed by atoms with van der Waals surface area (Å²) < 4.78 is 7.45. The molecule has 2 rings (SSSR count). The van der Waals surface area contributed by atoms with Crippen LogP contribution in [-0.2, 0) is 4.79 Å². The average molecular weight is 549 g/mol. The summed E-state index contributed by atoms with van der Waals surface area (Å²) in [6, 6.07) is 11.8. The molecule has 0 aliphatic carbocycles. The quantitative estimate of drug-likeness (QED) is 0.328. The number of para-hydroxylation sites is 1. The number of nitrogens with one attached hydrogen (secondary N) is 2. The molecule has 0 saturated heterocycles. The summed E-state index contributed by atoms with van der Waals surface area (Å²) in [5, 5.41) is 7.11. The maximum absolute atomic E-state index is 11.9. The lowest BCUT2D eigenvalue weighted by atomic mass is 10.2. The molecule has 0 atom stereocenters. The van der Waals surface area contributed by atoms with Gasteiger partial charge in [-0.2, -0.15) is 5.10 Å². The van der Waals surface area contributed by atoms with Gasteiger partial charge >= 0.3 is 0 Å². The zero-order chi connectivity index (χ0) is 17.5. The molecule has 5 nitrogen and oxygen atoms in total. The first kappa shape index (κ1) is 19.0. The van der Waals surface area contributed by atoms with Crippen LogP contribution in [0, 0.1) is 14.1 Å². The highest BCUT2D eigenvalue weighted by atomic mass is 127. The van der Waals surface area contributed by atoms with E-state index in [0.29, 0.717) is 0 Å². The summed E-state index contributed by atoms with van der Waals surface area (Å²) in [7, 11) is 1.62. The van der Waals surface area contributed by atoms with E-state index in [1.807, 2.05) is 43.3 Å². The Balaban J connectivity index is 1.94. The van der Waals surface area contributed by atoms with Crippen molar-refractivity contribution < 1.29 is 9.53 Å². The molecule has 0 fully saturated rings. The number of methoxy groups -OCH3 is 1. The first-order valence-electron chi connectivity index (χ1n) is 7.15. The van der Waals surface area contributed by atoms with E-state index in [0.717, 1.165) is 29.7 Å². The maximum Gasteiger partial charge on any atom is 0.259 e. The van der Waals surface area contributed by atoms with Crippen LogP contribution in [0.15, 0.2) is 41.5 Å². The average Bonchev–Trinajstić information content (AvgIpc) is 2.54. The van der Waals surface area contributed by atoms with Gasteiger partial charge in [0.15, 0.2) is 0 Å². The van der Waals surface area contributed by atoms with Crippen molar-refractivity contribution in [3.05, 3.63) is 54.7 Å². The normalized spacial score (nSPS) is 10.7. The van der Waals surface area contributed by atoms with Gasteiger partial charge < -0.3 is 10.1 Å². The van der Waals surface area contributed by atoms with Crippen LogP contribution in [0.3, 0.4) is 0 Å². The SMILES string of the molecule is COc1c(I)cc(I)cc1C=NNC(=O)CNc1ccccc1C. The molecule has 2 aromatic carbocycles. The highest BCUT2D eigenvalue weighted by Crippen LogP contribution is 2.26. The zero-order valence-electron chi connectivity index (χ0n) is 13.3. The van der Waals surface area contributed by atoms with Crippen LogP contribution in [0.5, 0.6) is 5.75 Å². The number of amides is 1. The van der Waals surface area contributed by atoms with E-state index >= 15 is 0 Å². The van der Waals surface area contributed by atoms with Crippen molar-refractivity contribution in [2.24, 2.45) is 5.10 Å². The van der Waals surface area contributed by atoms with E-state index in [2.05, 4.69) is 61.0 Å². The number of halogens is 2. The summed E-state index contributed by atoms with van der Waals surface area (Å²) in [4.78, 5) is 11.9. The Hall–Kier alpha value is -1.36. The molecule has 0 spiro atoms. The van der Waals surface area contributed by atoms with E-state index in [-0.39, 0.29) is 12.5 Å². The summed E-state index contributed by atoms with van der Waals surface area (Å²) in [5.74, 6) is 0.529. The van der Waals surface area contributed by atoms with E-state index in [4.69, 9.17) is 4.74 Å². The predicted molar refractivity (Wildman–Crippen MR) is 114 cm³/mol. The standard InChI is InChI=1S/C17H17I2N3O2/c1-11-5-3-4-6-15(11)20-10-16(23)22-21-9-12-7-13(18)8-14(19)17(12)24-2/h3-9,20H,10H2,1-2H3,(H,22,23). The highest BCUT2D eigenvalue weighted by Gasteiger charge is 2.07. The molecule has 126 valence electrons. The second kappa shape index (κ2) is 9.21. The molecular formula is C17H17I2N3O2. The highest BCUT2D eigenvalue weighted by molar-refractivity contribution is 14.1. The molecule has 24 heavy (non-hydrogen) atoms. The minimum absolute atomic E-state index is 0.156. The van der Waals surface area contributed by atoms with Crippen LogP contribution in [0.1, 0.15) is 11.1 Å². The molecule has 0 saturated carbocycles. The monoisotopic (exact) mass is 549 g/mol. The van der Waals surface area contributed by atoms with Gasteiger partial charge in [0.05, 0.1) is 23.4 Å².